The Bertz CT molecular complexity index is 725. The molecule has 3 aliphatic rings. The SMILES string of the molecule is C=CCOC(=O)[C@@H]1[C@H]2C(=O)N(CCO)C(C(=O)N(CC=C)CCCCC)C23CC[C@H]1O3. The Morgan fingerprint density at radius 2 is 2.13 bits per heavy atom. The molecule has 3 rings (SSSR count). The molecule has 5 atom stereocenters. The van der Waals surface area contributed by atoms with Crippen LogP contribution in [0.4, 0.5) is 0 Å². The Labute approximate surface area is 183 Å². The van der Waals surface area contributed by atoms with Gasteiger partial charge in [0.05, 0.1) is 24.5 Å². The quantitative estimate of drug-likeness (QED) is 0.282. The lowest BCUT2D eigenvalue weighted by Gasteiger charge is -2.36. The topological polar surface area (TPSA) is 96.4 Å². The van der Waals surface area contributed by atoms with Gasteiger partial charge in [-0.3, -0.25) is 14.4 Å². The van der Waals surface area contributed by atoms with E-state index in [9.17, 15) is 19.5 Å². The van der Waals surface area contributed by atoms with Crippen LogP contribution in [0.1, 0.15) is 39.0 Å². The molecule has 0 saturated carbocycles. The van der Waals surface area contributed by atoms with Gasteiger partial charge in [0.25, 0.3) is 0 Å². The maximum atomic E-state index is 13.7. The number of carbonyl (C=O) groups is 3. The van der Waals surface area contributed by atoms with E-state index in [2.05, 4.69) is 20.1 Å². The smallest absolute Gasteiger partial charge is 0.312 e. The summed E-state index contributed by atoms with van der Waals surface area (Å²) in [7, 11) is 0. The van der Waals surface area contributed by atoms with Crippen molar-refractivity contribution in [3.63, 3.8) is 0 Å². The number of likely N-dealkylation sites (tertiary alicyclic amines) is 1. The van der Waals surface area contributed by atoms with Crippen molar-refractivity contribution in [2.45, 2.75) is 56.8 Å². The van der Waals surface area contributed by atoms with Crippen LogP contribution < -0.4 is 0 Å². The number of aliphatic hydroxyl groups excluding tert-OH is 1. The zero-order valence-electron chi connectivity index (χ0n) is 18.3. The van der Waals surface area contributed by atoms with E-state index in [-0.39, 0.29) is 31.6 Å². The highest BCUT2D eigenvalue weighted by Crippen LogP contribution is 2.58. The van der Waals surface area contributed by atoms with Crippen molar-refractivity contribution in [3.8, 4) is 0 Å². The summed E-state index contributed by atoms with van der Waals surface area (Å²) in [6.45, 7) is 10.2. The molecule has 172 valence electrons. The van der Waals surface area contributed by atoms with Crippen molar-refractivity contribution in [1.29, 1.82) is 0 Å². The average molecular weight is 435 g/mol. The Hall–Kier alpha value is -2.19. The van der Waals surface area contributed by atoms with Crippen LogP contribution in [-0.4, -0.2) is 83.3 Å². The summed E-state index contributed by atoms with van der Waals surface area (Å²) >= 11 is 0. The Morgan fingerprint density at radius 3 is 2.77 bits per heavy atom. The van der Waals surface area contributed by atoms with Crippen molar-refractivity contribution in [2.75, 3.05) is 32.8 Å². The number of rotatable bonds is 12. The summed E-state index contributed by atoms with van der Waals surface area (Å²) in [4.78, 5) is 43.0. The zero-order chi connectivity index (χ0) is 22.6. The highest BCUT2D eigenvalue weighted by molar-refractivity contribution is 5.98. The fourth-order valence-corrected chi connectivity index (χ4v) is 5.46. The van der Waals surface area contributed by atoms with Crippen LogP contribution in [0.2, 0.25) is 0 Å². The minimum absolute atomic E-state index is 0.0207. The molecule has 3 saturated heterocycles. The minimum atomic E-state index is -1.06. The molecule has 0 aliphatic carbocycles. The molecule has 8 nitrogen and oxygen atoms in total. The molecule has 0 aromatic carbocycles. The summed E-state index contributed by atoms with van der Waals surface area (Å²) in [5, 5.41) is 9.60. The van der Waals surface area contributed by atoms with Crippen molar-refractivity contribution >= 4 is 17.8 Å². The molecule has 1 spiro atoms. The number of nitrogens with zero attached hydrogens (tertiary/aromatic N) is 2. The summed E-state index contributed by atoms with van der Waals surface area (Å²) in [5.74, 6) is -2.53. The molecule has 8 heteroatoms. The van der Waals surface area contributed by atoms with E-state index in [1.54, 1.807) is 11.0 Å². The summed E-state index contributed by atoms with van der Waals surface area (Å²) in [6.07, 6.45) is 6.70. The van der Waals surface area contributed by atoms with E-state index in [0.717, 1.165) is 19.3 Å². The van der Waals surface area contributed by atoms with Gasteiger partial charge >= 0.3 is 5.97 Å². The molecule has 2 bridgehead atoms. The van der Waals surface area contributed by atoms with Gasteiger partial charge in [-0.1, -0.05) is 38.5 Å². The van der Waals surface area contributed by atoms with Crippen LogP contribution in [0.15, 0.2) is 25.3 Å². The van der Waals surface area contributed by atoms with Gasteiger partial charge in [-0.25, -0.2) is 0 Å². The van der Waals surface area contributed by atoms with Crippen LogP contribution in [0.5, 0.6) is 0 Å². The van der Waals surface area contributed by atoms with Crippen molar-refractivity contribution < 1.29 is 29.0 Å². The van der Waals surface area contributed by atoms with E-state index in [1.165, 1.54) is 11.0 Å². The molecule has 3 heterocycles. The number of hydrogen-bond donors (Lipinski definition) is 1. The third kappa shape index (κ3) is 4.03. The van der Waals surface area contributed by atoms with Crippen molar-refractivity contribution in [2.24, 2.45) is 11.8 Å². The first-order valence-corrected chi connectivity index (χ1v) is 11.2. The normalized spacial score (nSPS) is 30.9. The van der Waals surface area contributed by atoms with Crippen LogP contribution in [-0.2, 0) is 23.9 Å². The first-order valence-electron chi connectivity index (χ1n) is 11.2. The number of unbranched alkanes of at least 4 members (excludes halogenated alkanes) is 2. The first-order chi connectivity index (χ1) is 15.0. The second-order valence-electron chi connectivity index (χ2n) is 8.51. The maximum Gasteiger partial charge on any atom is 0.312 e. The van der Waals surface area contributed by atoms with Gasteiger partial charge in [-0.05, 0) is 19.3 Å². The van der Waals surface area contributed by atoms with Gasteiger partial charge in [-0.2, -0.15) is 0 Å². The molecule has 3 aliphatic heterocycles. The number of aliphatic hydroxyl groups is 1. The van der Waals surface area contributed by atoms with E-state index < -0.39 is 35.6 Å². The molecule has 2 unspecified atom stereocenters. The van der Waals surface area contributed by atoms with Crippen molar-refractivity contribution in [1.82, 2.24) is 9.80 Å². The average Bonchev–Trinajstić information content (AvgIpc) is 3.39. The predicted octanol–water partition coefficient (Wildman–Crippen LogP) is 1.29. The van der Waals surface area contributed by atoms with Gasteiger partial charge in [0, 0.05) is 19.6 Å². The second kappa shape index (κ2) is 9.96. The van der Waals surface area contributed by atoms with Gasteiger partial charge in [0.2, 0.25) is 11.8 Å². The highest BCUT2D eigenvalue weighted by Gasteiger charge is 2.74. The minimum Gasteiger partial charge on any atom is -0.461 e. The molecule has 0 aromatic heterocycles. The largest absolute Gasteiger partial charge is 0.461 e. The van der Waals surface area contributed by atoms with Gasteiger partial charge < -0.3 is 24.4 Å². The Balaban J connectivity index is 1.93. The van der Waals surface area contributed by atoms with Crippen LogP contribution in [0.3, 0.4) is 0 Å². The third-order valence-electron chi connectivity index (χ3n) is 6.68. The maximum absolute atomic E-state index is 13.7. The fraction of sp³-hybridized carbons (Fsp3) is 0.696. The number of ether oxygens (including phenoxy) is 2. The van der Waals surface area contributed by atoms with E-state index in [4.69, 9.17) is 9.47 Å². The Kier molecular flexibility index (Phi) is 7.54. The first kappa shape index (κ1) is 23.5. The highest BCUT2D eigenvalue weighted by atomic mass is 16.6. The third-order valence-corrected chi connectivity index (χ3v) is 6.68. The summed E-state index contributed by atoms with van der Waals surface area (Å²) in [6, 6.07) is -0.860. The number of esters is 1. The van der Waals surface area contributed by atoms with Gasteiger partial charge in [0.15, 0.2) is 0 Å². The molecule has 3 fully saturated rings. The molecule has 0 aromatic rings. The van der Waals surface area contributed by atoms with Crippen LogP contribution in [0.25, 0.3) is 0 Å². The number of amides is 2. The number of carbonyl (C=O) groups excluding carboxylic acids is 3. The van der Waals surface area contributed by atoms with E-state index in [0.29, 0.717) is 25.9 Å². The summed E-state index contributed by atoms with van der Waals surface area (Å²) < 4.78 is 11.5. The molecule has 0 radical (unpaired) electrons. The molecule has 31 heavy (non-hydrogen) atoms. The lowest BCUT2D eigenvalue weighted by atomic mass is 9.70. The molecular formula is C23H34N2O6. The lowest BCUT2D eigenvalue weighted by Crippen LogP contribution is -2.56. The fourth-order valence-electron chi connectivity index (χ4n) is 5.46. The van der Waals surface area contributed by atoms with Crippen LogP contribution in [0, 0.1) is 11.8 Å². The number of hydrogen-bond acceptors (Lipinski definition) is 6. The van der Waals surface area contributed by atoms with E-state index in [1.807, 2.05) is 0 Å². The monoisotopic (exact) mass is 434 g/mol. The lowest BCUT2D eigenvalue weighted by molar-refractivity contribution is -0.154. The number of fused-ring (bicyclic) bond motifs is 1. The van der Waals surface area contributed by atoms with Crippen LogP contribution >= 0.6 is 0 Å². The van der Waals surface area contributed by atoms with Gasteiger partial charge in [-0.15, -0.1) is 6.58 Å². The number of β-amino-alcohol motifs (C(OH)–C–C–N with tert-alkyl or cyclic N) is 1. The van der Waals surface area contributed by atoms with Gasteiger partial charge in [0.1, 0.15) is 18.2 Å². The predicted molar refractivity (Wildman–Crippen MR) is 114 cm³/mol. The zero-order valence-corrected chi connectivity index (χ0v) is 18.3. The molecule has 1 N–H and O–H groups in total. The molecule has 2 amide bonds. The standard InChI is InChI=1S/C23H34N2O6/c1-4-7-8-12-24(11-5-2)21(28)19-23-10-9-16(31-23)17(22(29)30-15-6-3)18(23)20(27)25(19)13-14-26/h5-6,16-19,26H,2-4,7-15H2,1H3/t16-,17+,18+,19?,23?/m1/s1. The molecular weight excluding hydrogens is 400 g/mol. The van der Waals surface area contributed by atoms with Crippen molar-refractivity contribution in [3.05, 3.63) is 25.3 Å². The second-order valence-corrected chi connectivity index (χ2v) is 8.51. The summed E-state index contributed by atoms with van der Waals surface area (Å²) in [5.41, 5.74) is -1.06. The Morgan fingerprint density at radius 1 is 1.35 bits per heavy atom. The van der Waals surface area contributed by atoms with E-state index >= 15 is 0 Å².